The van der Waals surface area contributed by atoms with Gasteiger partial charge in [0.15, 0.2) is 5.82 Å². The Labute approximate surface area is 181 Å². The van der Waals surface area contributed by atoms with Gasteiger partial charge in [-0.3, -0.25) is 4.79 Å². The van der Waals surface area contributed by atoms with Gasteiger partial charge in [-0.1, -0.05) is 6.07 Å². The van der Waals surface area contributed by atoms with Crippen LogP contribution in [0.1, 0.15) is 29.6 Å². The van der Waals surface area contributed by atoms with Crippen LogP contribution < -0.4 is 4.74 Å². The van der Waals surface area contributed by atoms with Crippen LogP contribution in [0.15, 0.2) is 53.4 Å². The molecule has 30 heavy (non-hydrogen) atoms. The molecule has 1 amide bonds. The lowest BCUT2D eigenvalue weighted by Crippen LogP contribution is -2.59. The Hall–Kier alpha value is -2.81. The van der Waals surface area contributed by atoms with E-state index in [-0.39, 0.29) is 29.3 Å². The number of piperidine rings is 2. The predicted octanol–water partition coefficient (Wildman–Crippen LogP) is 3.64. The number of carbonyl (C=O) groups excluding carboxylic acids is 1. The summed E-state index contributed by atoms with van der Waals surface area (Å²) in [6, 6.07) is 8.07. The van der Waals surface area contributed by atoms with Crippen LogP contribution in [-0.2, 0) is 0 Å². The van der Waals surface area contributed by atoms with Crippen LogP contribution >= 0.6 is 15.9 Å². The first-order valence-electron chi connectivity index (χ1n) is 9.84. The van der Waals surface area contributed by atoms with Crippen LogP contribution in [-0.4, -0.2) is 49.5 Å². The number of amides is 1. The number of ether oxygens (including phenoxy) is 1. The second-order valence-electron chi connectivity index (χ2n) is 7.63. The molecule has 6 rings (SSSR count). The molecule has 1 aliphatic carbocycles. The summed E-state index contributed by atoms with van der Waals surface area (Å²) < 4.78 is 21.7. The number of hydrogen-bond donors (Lipinski definition) is 0. The Morgan fingerprint density at radius 3 is 2.73 bits per heavy atom. The van der Waals surface area contributed by atoms with Crippen molar-refractivity contribution in [1.29, 1.82) is 0 Å². The smallest absolute Gasteiger partial charge is 0.256 e. The molecular weight excluding hydrogens is 453 g/mol. The van der Waals surface area contributed by atoms with Gasteiger partial charge in [0.1, 0.15) is 11.8 Å². The number of halogens is 2. The number of carbonyl (C=O) groups is 1. The van der Waals surface area contributed by atoms with Crippen molar-refractivity contribution in [1.82, 2.24) is 24.9 Å². The molecule has 0 radical (unpaired) electrons. The summed E-state index contributed by atoms with van der Waals surface area (Å²) >= 11 is 3.37. The highest BCUT2D eigenvalue weighted by Crippen LogP contribution is 2.38. The summed E-state index contributed by atoms with van der Waals surface area (Å²) in [5.74, 6) is 0.120. The lowest BCUT2D eigenvalue weighted by molar-refractivity contribution is -0.0313. The number of aromatic nitrogens is 4. The van der Waals surface area contributed by atoms with Gasteiger partial charge >= 0.3 is 0 Å². The summed E-state index contributed by atoms with van der Waals surface area (Å²) in [7, 11) is 0. The summed E-state index contributed by atoms with van der Waals surface area (Å²) in [6.45, 7) is 0.639. The summed E-state index contributed by atoms with van der Waals surface area (Å²) in [4.78, 5) is 20.8. The second-order valence-corrected chi connectivity index (χ2v) is 8.55. The zero-order chi connectivity index (χ0) is 20.7. The second kappa shape index (κ2) is 7.79. The van der Waals surface area contributed by atoms with Crippen LogP contribution in [0.3, 0.4) is 0 Å². The van der Waals surface area contributed by atoms with Gasteiger partial charge in [0, 0.05) is 23.3 Å². The first-order chi connectivity index (χ1) is 14.6. The molecule has 3 aromatic rings. The minimum absolute atomic E-state index is 0.0704. The Morgan fingerprint density at radius 2 is 2.00 bits per heavy atom. The van der Waals surface area contributed by atoms with E-state index >= 15 is 0 Å². The first kappa shape index (κ1) is 19.2. The fraction of sp³-hybridized carbons (Fsp3) is 0.333. The van der Waals surface area contributed by atoms with Gasteiger partial charge in [-0.15, -0.1) is 4.80 Å². The molecule has 2 saturated heterocycles. The number of para-hydroxylation sites is 1. The van der Waals surface area contributed by atoms with E-state index in [1.54, 1.807) is 12.3 Å². The van der Waals surface area contributed by atoms with Crippen molar-refractivity contribution in [2.45, 2.75) is 31.4 Å². The molecule has 3 fully saturated rings. The lowest BCUT2D eigenvalue weighted by Gasteiger charge is -2.49. The number of nitrogens with zero attached hydrogens (tertiary/aromatic N) is 5. The zero-order valence-electron chi connectivity index (χ0n) is 16.0. The van der Waals surface area contributed by atoms with E-state index in [0.29, 0.717) is 18.3 Å². The Kier molecular flexibility index (Phi) is 4.98. The third-order valence-corrected chi connectivity index (χ3v) is 6.26. The molecule has 1 aromatic carbocycles. The average Bonchev–Trinajstić information content (AvgIpc) is 3.29. The molecule has 3 aliphatic rings. The molecule has 2 bridgehead atoms. The molecule has 154 valence electrons. The fourth-order valence-electron chi connectivity index (χ4n) is 4.46. The third kappa shape index (κ3) is 3.47. The number of pyridine rings is 1. The van der Waals surface area contributed by atoms with Crippen molar-refractivity contribution in [3.05, 3.63) is 64.8 Å². The minimum atomic E-state index is -0.536. The lowest BCUT2D eigenvalue weighted by atomic mass is 9.77. The number of rotatable bonds is 4. The SMILES string of the molecule is O=C(c1cccc(F)c1-n1nccn1)N1C[C@@H]2CC[C@H]1[C@H](Oc1ccc(Br)cn1)C2. The van der Waals surface area contributed by atoms with Gasteiger partial charge in [0.05, 0.1) is 24.0 Å². The fourth-order valence-corrected chi connectivity index (χ4v) is 4.69. The largest absolute Gasteiger partial charge is 0.472 e. The maximum absolute atomic E-state index is 14.6. The molecule has 0 spiro atoms. The Balaban J connectivity index is 1.44. The average molecular weight is 472 g/mol. The molecule has 2 aliphatic heterocycles. The first-order valence-corrected chi connectivity index (χ1v) is 10.6. The molecule has 4 heterocycles. The molecular formula is C21H19BrFN5O2. The summed E-state index contributed by atoms with van der Waals surface area (Å²) in [5, 5.41) is 8.04. The number of hydrogen-bond acceptors (Lipinski definition) is 5. The quantitative estimate of drug-likeness (QED) is 0.580. The number of fused-ring (bicyclic) bond motifs is 3. The zero-order valence-corrected chi connectivity index (χ0v) is 17.6. The molecule has 9 heteroatoms. The molecule has 3 atom stereocenters. The van der Waals surface area contributed by atoms with E-state index in [9.17, 15) is 9.18 Å². The van der Waals surface area contributed by atoms with Gasteiger partial charge in [-0.05, 0) is 59.3 Å². The van der Waals surface area contributed by atoms with Gasteiger partial charge in [-0.25, -0.2) is 9.37 Å². The molecule has 0 unspecified atom stereocenters. The predicted molar refractivity (Wildman–Crippen MR) is 110 cm³/mol. The normalized spacial score (nSPS) is 22.9. The molecule has 7 nitrogen and oxygen atoms in total. The Bertz CT molecular complexity index is 1060. The summed E-state index contributed by atoms with van der Waals surface area (Å²) in [6.07, 6.45) is 7.24. The van der Waals surface area contributed by atoms with E-state index < -0.39 is 5.82 Å². The highest BCUT2D eigenvalue weighted by molar-refractivity contribution is 9.10. The Morgan fingerprint density at radius 1 is 1.17 bits per heavy atom. The standard InChI is InChI=1S/C21H19BrFN5O2/c22-14-5-7-19(24-11-14)30-18-10-13-4-6-17(18)27(12-13)21(29)15-2-1-3-16(23)20(15)28-25-8-9-26-28/h1-3,5,7-9,11,13,17-18H,4,6,10,12H2/t13-,17+,18-/m1/s1. The molecule has 0 N–H and O–H groups in total. The van der Waals surface area contributed by atoms with Gasteiger partial charge in [0.2, 0.25) is 5.88 Å². The highest BCUT2D eigenvalue weighted by Gasteiger charge is 2.45. The van der Waals surface area contributed by atoms with Crippen LogP contribution in [0.4, 0.5) is 4.39 Å². The van der Waals surface area contributed by atoms with E-state index in [1.165, 1.54) is 24.5 Å². The summed E-state index contributed by atoms with van der Waals surface area (Å²) in [5.41, 5.74) is 0.320. The van der Waals surface area contributed by atoms with Crippen molar-refractivity contribution in [3.8, 4) is 11.6 Å². The maximum atomic E-state index is 14.6. The van der Waals surface area contributed by atoms with Crippen molar-refractivity contribution >= 4 is 21.8 Å². The van der Waals surface area contributed by atoms with Crippen molar-refractivity contribution < 1.29 is 13.9 Å². The van der Waals surface area contributed by atoms with Gasteiger partial charge in [-0.2, -0.15) is 10.2 Å². The van der Waals surface area contributed by atoms with Gasteiger partial charge in [0.25, 0.3) is 5.91 Å². The van der Waals surface area contributed by atoms with E-state index in [0.717, 1.165) is 28.5 Å². The van der Waals surface area contributed by atoms with Crippen molar-refractivity contribution in [2.75, 3.05) is 6.54 Å². The van der Waals surface area contributed by atoms with Crippen molar-refractivity contribution in [2.24, 2.45) is 5.92 Å². The van der Waals surface area contributed by atoms with E-state index in [4.69, 9.17) is 4.74 Å². The van der Waals surface area contributed by atoms with E-state index in [2.05, 4.69) is 31.1 Å². The maximum Gasteiger partial charge on any atom is 0.256 e. The minimum Gasteiger partial charge on any atom is -0.472 e. The molecule has 1 saturated carbocycles. The molecule has 2 aromatic heterocycles. The van der Waals surface area contributed by atoms with Crippen LogP contribution in [0.25, 0.3) is 5.69 Å². The third-order valence-electron chi connectivity index (χ3n) is 5.79. The van der Waals surface area contributed by atoms with E-state index in [1.807, 2.05) is 17.0 Å². The number of benzene rings is 1. The van der Waals surface area contributed by atoms with Crippen LogP contribution in [0.2, 0.25) is 0 Å². The van der Waals surface area contributed by atoms with Crippen LogP contribution in [0.5, 0.6) is 5.88 Å². The van der Waals surface area contributed by atoms with Gasteiger partial charge < -0.3 is 9.64 Å². The van der Waals surface area contributed by atoms with Crippen molar-refractivity contribution in [3.63, 3.8) is 0 Å². The van der Waals surface area contributed by atoms with Crippen LogP contribution in [0, 0.1) is 11.7 Å². The highest BCUT2D eigenvalue weighted by atomic mass is 79.9. The topological polar surface area (TPSA) is 73.1 Å². The monoisotopic (exact) mass is 471 g/mol.